The number of rotatable bonds is 2. The highest BCUT2D eigenvalue weighted by Gasteiger charge is 2.30. The Morgan fingerprint density at radius 2 is 2.22 bits per heavy atom. The number of hydrogen-bond acceptors (Lipinski definition) is 3. The van der Waals surface area contributed by atoms with Crippen LogP contribution in [-0.4, -0.2) is 31.0 Å². The molecule has 4 nitrogen and oxygen atoms in total. The van der Waals surface area contributed by atoms with Gasteiger partial charge < -0.3 is 9.84 Å². The van der Waals surface area contributed by atoms with E-state index in [0.29, 0.717) is 17.3 Å². The molecular formula is C13H16ClNO3. The summed E-state index contributed by atoms with van der Waals surface area (Å²) < 4.78 is 5.06. The molecule has 1 aliphatic heterocycles. The molecule has 5 heteroatoms. The third-order valence-electron chi connectivity index (χ3n) is 3.03. The van der Waals surface area contributed by atoms with Gasteiger partial charge in [-0.25, -0.2) is 4.79 Å². The first-order chi connectivity index (χ1) is 8.52. The molecule has 1 amide bonds. The van der Waals surface area contributed by atoms with E-state index in [2.05, 4.69) is 0 Å². The van der Waals surface area contributed by atoms with E-state index in [0.717, 1.165) is 11.1 Å². The van der Waals surface area contributed by atoms with E-state index in [9.17, 15) is 9.90 Å². The first kappa shape index (κ1) is 13.2. The summed E-state index contributed by atoms with van der Waals surface area (Å²) in [6, 6.07) is 3.79. The standard InChI is InChI=1S/C13H16ClNO3/c1-8-3-9(2)12(11(14)4-8)15-5-10(6-16)7-18-13(15)17/h3-4,10,16H,5-7H2,1-2H3. The number of hydrogen-bond donors (Lipinski definition) is 1. The third-order valence-corrected chi connectivity index (χ3v) is 3.32. The van der Waals surface area contributed by atoms with E-state index in [4.69, 9.17) is 16.3 Å². The SMILES string of the molecule is Cc1cc(C)c(N2CC(CO)COC2=O)c(Cl)c1. The molecular weight excluding hydrogens is 254 g/mol. The summed E-state index contributed by atoms with van der Waals surface area (Å²) in [6.07, 6.45) is -0.409. The number of halogens is 1. The number of anilines is 1. The van der Waals surface area contributed by atoms with E-state index >= 15 is 0 Å². The summed E-state index contributed by atoms with van der Waals surface area (Å²) in [5.74, 6) is -0.0699. The Hall–Kier alpha value is -1.26. The molecule has 1 N–H and O–H groups in total. The molecule has 1 heterocycles. The number of carbonyl (C=O) groups excluding carboxylic acids is 1. The van der Waals surface area contributed by atoms with Crippen molar-refractivity contribution in [3.63, 3.8) is 0 Å². The Kier molecular flexibility index (Phi) is 3.78. The van der Waals surface area contributed by atoms with E-state index in [1.165, 1.54) is 4.90 Å². The molecule has 0 spiro atoms. The van der Waals surface area contributed by atoms with Crippen LogP contribution < -0.4 is 4.90 Å². The zero-order chi connectivity index (χ0) is 13.3. The Morgan fingerprint density at radius 3 is 2.83 bits per heavy atom. The molecule has 0 radical (unpaired) electrons. The summed E-state index contributed by atoms with van der Waals surface area (Å²) in [7, 11) is 0. The van der Waals surface area contributed by atoms with E-state index < -0.39 is 6.09 Å². The Balaban J connectivity index is 2.37. The minimum atomic E-state index is -0.409. The fourth-order valence-electron chi connectivity index (χ4n) is 2.20. The second kappa shape index (κ2) is 5.16. The minimum Gasteiger partial charge on any atom is -0.449 e. The average molecular weight is 270 g/mol. The van der Waals surface area contributed by atoms with Gasteiger partial charge in [-0.3, -0.25) is 4.90 Å². The Morgan fingerprint density at radius 1 is 1.50 bits per heavy atom. The normalized spacial score (nSPS) is 19.9. The lowest BCUT2D eigenvalue weighted by Crippen LogP contribution is -2.44. The van der Waals surface area contributed by atoms with Crippen molar-refractivity contribution in [1.29, 1.82) is 0 Å². The first-order valence-electron chi connectivity index (χ1n) is 5.85. The highest BCUT2D eigenvalue weighted by atomic mass is 35.5. The smallest absolute Gasteiger partial charge is 0.414 e. The van der Waals surface area contributed by atoms with Crippen molar-refractivity contribution in [2.24, 2.45) is 5.92 Å². The van der Waals surface area contributed by atoms with Crippen molar-refractivity contribution in [3.8, 4) is 0 Å². The van der Waals surface area contributed by atoms with Crippen LogP contribution in [-0.2, 0) is 4.74 Å². The van der Waals surface area contributed by atoms with Gasteiger partial charge in [-0.15, -0.1) is 0 Å². The fourth-order valence-corrected chi connectivity index (χ4v) is 2.62. The molecule has 18 heavy (non-hydrogen) atoms. The van der Waals surface area contributed by atoms with Gasteiger partial charge in [0, 0.05) is 12.5 Å². The van der Waals surface area contributed by atoms with Gasteiger partial charge in [0.15, 0.2) is 0 Å². The number of nitrogens with zero attached hydrogens (tertiary/aromatic N) is 1. The molecule has 0 aliphatic carbocycles. The number of aliphatic hydroxyl groups is 1. The van der Waals surface area contributed by atoms with Crippen LogP contribution >= 0.6 is 11.6 Å². The van der Waals surface area contributed by atoms with Crippen LogP contribution in [0, 0.1) is 19.8 Å². The van der Waals surface area contributed by atoms with Crippen LogP contribution in [0.5, 0.6) is 0 Å². The molecule has 1 aliphatic rings. The maximum Gasteiger partial charge on any atom is 0.414 e. The quantitative estimate of drug-likeness (QED) is 0.898. The highest BCUT2D eigenvalue weighted by Crippen LogP contribution is 2.33. The molecule has 0 aromatic heterocycles. The Labute approximate surface area is 111 Å². The van der Waals surface area contributed by atoms with Gasteiger partial charge in [0.2, 0.25) is 0 Å². The van der Waals surface area contributed by atoms with Gasteiger partial charge in [-0.1, -0.05) is 17.7 Å². The molecule has 1 unspecified atom stereocenters. The maximum atomic E-state index is 11.8. The van der Waals surface area contributed by atoms with Crippen LogP contribution in [0.15, 0.2) is 12.1 Å². The van der Waals surface area contributed by atoms with Crippen molar-refractivity contribution < 1.29 is 14.6 Å². The highest BCUT2D eigenvalue weighted by molar-refractivity contribution is 6.34. The van der Waals surface area contributed by atoms with Crippen molar-refractivity contribution in [2.45, 2.75) is 13.8 Å². The zero-order valence-corrected chi connectivity index (χ0v) is 11.2. The number of benzene rings is 1. The summed E-state index contributed by atoms with van der Waals surface area (Å²) in [5.41, 5.74) is 2.64. The lowest BCUT2D eigenvalue weighted by atomic mass is 10.1. The lowest BCUT2D eigenvalue weighted by molar-refractivity contribution is 0.0899. The lowest BCUT2D eigenvalue weighted by Gasteiger charge is -2.32. The number of cyclic esters (lactones) is 1. The topological polar surface area (TPSA) is 49.8 Å². The molecule has 0 bridgehead atoms. The molecule has 98 valence electrons. The minimum absolute atomic E-state index is 0.00763. The van der Waals surface area contributed by atoms with Crippen LogP contribution in [0.4, 0.5) is 10.5 Å². The van der Waals surface area contributed by atoms with Gasteiger partial charge in [0.05, 0.1) is 23.9 Å². The first-order valence-corrected chi connectivity index (χ1v) is 6.22. The maximum absolute atomic E-state index is 11.8. The van der Waals surface area contributed by atoms with Crippen molar-refractivity contribution >= 4 is 23.4 Å². The third kappa shape index (κ3) is 2.44. The second-order valence-electron chi connectivity index (χ2n) is 4.65. The molecule has 0 saturated carbocycles. The number of aryl methyl sites for hydroxylation is 2. The number of ether oxygens (including phenoxy) is 1. The number of carbonyl (C=O) groups is 1. The largest absolute Gasteiger partial charge is 0.449 e. The van der Waals surface area contributed by atoms with Crippen LogP contribution in [0.25, 0.3) is 0 Å². The molecule has 1 aromatic rings. The fraction of sp³-hybridized carbons (Fsp3) is 0.462. The zero-order valence-electron chi connectivity index (χ0n) is 10.4. The molecule has 1 fully saturated rings. The summed E-state index contributed by atoms with van der Waals surface area (Å²) in [4.78, 5) is 13.3. The summed E-state index contributed by atoms with van der Waals surface area (Å²) in [5, 5.41) is 9.70. The van der Waals surface area contributed by atoms with Gasteiger partial charge >= 0.3 is 6.09 Å². The van der Waals surface area contributed by atoms with Gasteiger partial charge in [0.1, 0.15) is 0 Å². The molecule has 2 rings (SSSR count). The molecule has 1 saturated heterocycles. The number of amides is 1. The van der Waals surface area contributed by atoms with E-state index in [1.54, 1.807) is 0 Å². The van der Waals surface area contributed by atoms with E-state index in [-0.39, 0.29) is 19.1 Å². The van der Waals surface area contributed by atoms with Crippen molar-refractivity contribution in [1.82, 2.24) is 0 Å². The molecule has 1 atom stereocenters. The van der Waals surface area contributed by atoms with Crippen LogP contribution in [0.1, 0.15) is 11.1 Å². The predicted molar refractivity (Wildman–Crippen MR) is 70.2 cm³/mol. The summed E-state index contributed by atoms with van der Waals surface area (Å²) >= 11 is 6.21. The summed E-state index contributed by atoms with van der Waals surface area (Å²) in [6.45, 7) is 4.54. The van der Waals surface area contributed by atoms with Gasteiger partial charge in [-0.2, -0.15) is 0 Å². The van der Waals surface area contributed by atoms with Crippen molar-refractivity contribution in [2.75, 3.05) is 24.7 Å². The van der Waals surface area contributed by atoms with Crippen LogP contribution in [0.2, 0.25) is 5.02 Å². The monoisotopic (exact) mass is 269 g/mol. The average Bonchev–Trinajstić information content (AvgIpc) is 2.30. The van der Waals surface area contributed by atoms with Crippen LogP contribution in [0.3, 0.4) is 0 Å². The predicted octanol–water partition coefficient (Wildman–Crippen LogP) is 2.52. The van der Waals surface area contributed by atoms with Crippen molar-refractivity contribution in [3.05, 3.63) is 28.3 Å². The number of aliphatic hydroxyl groups excluding tert-OH is 1. The van der Waals surface area contributed by atoms with E-state index in [1.807, 2.05) is 26.0 Å². The second-order valence-corrected chi connectivity index (χ2v) is 5.06. The Bertz CT molecular complexity index is 452. The molecule has 1 aromatic carbocycles. The van der Waals surface area contributed by atoms with Gasteiger partial charge in [0.25, 0.3) is 0 Å². The van der Waals surface area contributed by atoms with Gasteiger partial charge in [-0.05, 0) is 31.0 Å².